The molecule has 2 saturated heterocycles. The third-order valence-corrected chi connectivity index (χ3v) is 7.66. The fourth-order valence-electron chi connectivity index (χ4n) is 3.79. The Bertz CT molecular complexity index is 898. The third kappa shape index (κ3) is 5.90. The molecule has 2 fully saturated rings. The van der Waals surface area contributed by atoms with Gasteiger partial charge in [0.2, 0.25) is 15.9 Å². The molecule has 0 saturated carbocycles. The van der Waals surface area contributed by atoms with Gasteiger partial charge in [-0.15, -0.1) is 0 Å². The Balaban J connectivity index is 1.51. The van der Waals surface area contributed by atoms with Gasteiger partial charge in [-0.2, -0.15) is 4.31 Å². The maximum atomic E-state index is 12.9. The monoisotopic (exact) mass is 471 g/mol. The largest absolute Gasteiger partial charge is 0.444 e. The molecule has 31 heavy (non-hydrogen) atoms. The van der Waals surface area contributed by atoms with Gasteiger partial charge in [0.15, 0.2) is 0 Å². The van der Waals surface area contributed by atoms with Crippen molar-refractivity contribution >= 4 is 33.6 Å². The second-order valence-corrected chi connectivity index (χ2v) is 11.3. The Labute approximate surface area is 189 Å². The highest BCUT2D eigenvalue weighted by Crippen LogP contribution is 2.26. The van der Waals surface area contributed by atoms with Crippen molar-refractivity contribution in [3.8, 4) is 0 Å². The van der Waals surface area contributed by atoms with Crippen molar-refractivity contribution in [1.82, 2.24) is 14.1 Å². The lowest BCUT2D eigenvalue weighted by atomic mass is 9.96. The van der Waals surface area contributed by atoms with E-state index in [1.807, 2.05) is 20.8 Å². The Morgan fingerprint density at radius 3 is 1.97 bits per heavy atom. The van der Waals surface area contributed by atoms with Crippen molar-refractivity contribution in [3.05, 3.63) is 29.3 Å². The lowest BCUT2D eigenvalue weighted by molar-refractivity contribution is -0.138. The first-order chi connectivity index (χ1) is 14.5. The van der Waals surface area contributed by atoms with Gasteiger partial charge in [0, 0.05) is 50.2 Å². The summed E-state index contributed by atoms with van der Waals surface area (Å²) in [7, 11) is -3.59. The van der Waals surface area contributed by atoms with Gasteiger partial charge in [-0.05, 0) is 57.9 Å². The molecule has 2 heterocycles. The molecule has 2 aliphatic heterocycles. The smallest absolute Gasteiger partial charge is 0.410 e. The van der Waals surface area contributed by atoms with E-state index in [0.717, 1.165) is 0 Å². The summed E-state index contributed by atoms with van der Waals surface area (Å²) in [6, 6.07) is 6.11. The van der Waals surface area contributed by atoms with Gasteiger partial charge in [-0.25, -0.2) is 13.2 Å². The molecule has 8 nitrogen and oxygen atoms in total. The van der Waals surface area contributed by atoms with Gasteiger partial charge in [-0.3, -0.25) is 4.79 Å². The van der Waals surface area contributed by atoms with E-state index in [1.54, 1.807) is 21.9 Å². The van der Waals surface area contributed by atoms with Crippen molar-refractivity contribution in [3.63, 3.8) is 0 Å². The first kappa shape index (κ1) is 23.8. The molecule has 0 atom stereocenters. The number of amides is 2. The number of carbonyl (C=O) groups is 2. The molecule has 0 spiro atoms. The van der Waals surface area contributed by atoms with E-state index in [1.165, 1.54) is 16.4 Å². The Hall–Kier alpha value is -1.84. The molecule has 172 valence electrons. The zero-order valence-corrected chi connectivity index (χ0v) is 19.8. The topological polar surface area (TPSA) is 87.2 Å². The average molecular weight is 472 g/mol. The van der Waals surface area contributed by atoms with Gasteiger partial charge >= 0.3 is 6.09 Å². The zero-order chi connectivity index (χ0) is 22.8. The molecule has 0 aliphatic carbocycles. The van der Waals surface area contributed by atoms with Gasteiger partial charge in [0.1, 0.15) is 5.60 Å². The van der Waals surface area contributed by atoms with Crippen LogP contribution in [0, 0.1) is 5.92 Å². The summed E-state index contributed by atoms with van der Waals surface area (Å²) in [5.74, 6) is -0.169. The number of benzene rings is 1. The predicted molar refractivity (Wildman–Crippen MR) is 117 cm³/mol. The van der Waals surface area contributed by atoms with E-state index in [-0.39, 0.29) is 22.8 Å². The number of hydrogen-bond acceptors (Lipinski definition) is 5. The molecular weight excluding hydrogens is 442 g/mol. The highest BCUT2D eigenvalue weighted by atomic mass is 35.5. The maximum Gasteiger partial charge on any atom is 0.410 e. The van der Waals surface area contributed by atoms with Gasteiger partial charge in [0.05, 0.1) is 4.90 Å². The summed E-state index contributed by atoms with van der Waals surface area (Å²) in [5.41, 5.74) is -0.551. The Morgan fingerprint density at radius 1 is 0.935 bits per heavy atom. The molecule has 1 aromatic carbocycles. The van der Waals surface area contributed by atoms with Crippen molar-refractivity contribution in [2.75, 3.05) is 39.3 Å². The van der Waals surface area contributed by atoms with Crippen LogP contribution < -0.4 is 0 Å². The van der Waals surface area contributed by atoms with Crippen LogP contribution >= 0.6 is 11.6 Å². The second kappa shape index (κ2) is 9.34. The molecule has 0 aromatic heterocycles. The summed E-state index contributed by atoms with van der Waals surface area (Å²) >= 11 is 5.85. The average Bonchev–Trinajstić information content (AvgIpc) is 2.72. The number of carbonyl (C=O) groups excluding carboxylic acids is 2. The number of ether oxygens (including phenoxy) is 1. The van der Waals surface area contributed by atoms with E-state index in [9.17, 15) is 18.0 Å². The van der Waals surface area contributed by atoms with Crippen molar-refractivity contribution in [1.29, 1.82) is 0 Å². The van der Waals surface area contributed by atoms with Gasteiger partial charge in [-0.1, -0.05) is 11.6 Å². The Morgan fingerprint density at radius 2 is 1.45 bits per heavy atom. The molecule has 0 radical (unpaired) electrons. The minimum atomic E-state index is -3.59. The SMILES string of the molecule is CC(C)(C)OC(=O)N1CCN(C(=O)C2CCN(S(=O)(=O)c3ccc(Cl)cc3)CC2)CC1. The lowest BCUT2D eigenvalue weighted by Crippen LogP contribution is -2.53. The van der Waals surface area contributed by atoms with E-state index in [4.69, 9.17) is 16.3 Å². The number of piperazine rings is 1. The zero-order valence-electron chi connectivity index (χ0n) is 18.2. The third-order valence-electron chi connectivity index (χ3n) is 5.50. The molecule has 1 aromatic rings. The number of nitrogens with zero attached hydrogens (tertiary/aromatic N) is 3. The number of rotatable bonds is 3. The normalized spacial score (nSPS) is 19.4. The van der Waals surface area contributed by atoms with Crippen LogP contribution in [0.4, 0.5) is 4.79 Å². The first-order valence-corrected chi connectivity index (χ1v) is 12.3. The molecular formula is C21H30ClN3O5S. The lowest BCUT2D eigenvalue weighted by Gasteiger charge is -2.38. The second-order valence-electron chi connectivity index (χ2n) is 8.92. The molecule has 10 heteroatoms. The molecule has 3 rings (SSSR count). The highest BCUT2D eigenvalue weighted by molar-refractivity contribution is 7.89. The summed E-state index contributed by atoms with van der Waals surface area (Å²) < 4.78 is 32.4. The van der Waals surface area contributed by atoms with E-state index >= 15 is 0 Å². The molecule has 0 N–H and O–H groups in total. The predicted octanol–water partition coefficient (Wildman–Crippen LogP) is 2.82. The van der Waals surface area contributed by atoms with Crippen LogP contribution in [-0.2, 0) is 19.6 Å². The summed E-state index contributed by atoms with van der Waals surface area (Å²) in [4.78, 5) is 28.7. The van der Waals surface area contributed by atoms with Crippen LogP contribution in [0.5, 0.6) is 0 Å². The number of sulfonamides is 1. The van der Waals surface area contributed by atoms with Gasteiger partial charge < -0.3 is 14.5 Å². The minimum absolute atomic E-state index is 0.0346. The minimum Gasteiger partial charge on any atom is -0.444 e. The van der Waals surface area contributed by atoms with Crippen LogP contribution in [0.25, 0.3) is 0 Å². The highest BCUT2D eigenvalue weighted by Gasteiger charge is 2.35. The standard InChI is InChI=1S/C21H30ClN3O5S/c1-21(2,3)30-20(27)24-14-12-23(13-15-24)19(26)16-8-10-25(11-9-16)31(28,29)18-6-4-17(22)5-7-18/h4-7,16H,8-15H2,1-3H3. The van der Waals surface area contributed by atoms with E-state index in [2.05, 4.69) is 0 Å². The quantitative estimate of drug-likeness (QED) is 0.676. The van der Waals surface area contributed by atoms with Crippen molar-refractivity contribution < 1.29 is 22.7 Å². The molecule has 2 aliphatic rings. The number of hydrogen-bond donors (Lipinski definition) is 0. The number of halogens is 1. The van der Waals surface area contributed by atoms with Crippen LogP contribution in [0.2, 0.25) is 5.02 Å². The van der Waals surface area contributed by atoms with E-state index < -0.39 is 15.6 Å². The molecule has 0 unspecified atom stereocenters. The molecule has 0 bridgehead atoms. The van der Waals surface area contributed by atoms with Crippen LogP contribution in [-0.4, -0.2) is 79.4 Å². The molecule has 2 amide bonds. The first-order valence-electron chi connectivity index (χ1n) is 10.5. The van der Waals surface area contributed by atoms with E-state index in [0.29, 0.717) is 57.1 Å². The maximum absolute atomic E-state index is 12.9. The van der Waals surface area contributed by atoms with Crippen LogP contribution in [0.15, 0.2) is 29.2 Å². The van der Waals surface area contributed by atoms with Crippen LogP contribution in [0.1, 0.15) is 33.6 Å². The van der Waals surface area contributed by atoms with Gasteiger partial charge in [0.25, 0.3) is 0 Å². The van der Waals surface area contributed by atoms with Crippen LogP contribution in [0.3, 0.4) is 0 Å². The summed E-state index contributed by atoms with van der Waals surface area (Å²) in [6.07, 6.45) is 0.607. The number of piperidine rings is 1. The fourth-order valence-corrected chi connectivity index (χ4v) is 5.39. The Kier molecular flexibility index (Phi) is 7.18. The fraction of sp³-hybridized carbons (Fsp3) is 0.619. The van der Waals surface area contributed by atoms with Crippen molar-refractivity contribution in [2.24, 2.45) is 5.92 Å². The summed E-state index contributed by atoms with van der Waals surface area (Å²) in [6.45, 7) is 7.87. The summed E-state index contributed by atoms with van der Waals surface area (Å²) in [5, 5.41) is 0.482. The van der Waals surface area contributed by atoms with Crippen molar-refractivity contribution in [2.45, 2.75) is 44.1 Å².